The van der Waals surface area contributed by atoms with Gasteiger partial charge in [-0.05, 0) is 31.2 Å². The van der Waals surface area contributed by atoms with Crippen molar-refractivity contribution in [3.8, 4) is 0 Å². The first-order chi connectivity index (χ1) is 11.9. The van der Waals surface area contributed by atoms with Gasteiger partial charge in [-0.1, -0.05) is 43.7 Å². The number of amides is 2. The molecule has 0 bridgehead atoms. The van der Waals surface area contributed by atoms with E-state index in [4.69, 9.17) is 4.74 Å². The second kappa shape index (κ2) is 8.99. The smallest absolute Gasteiger partial charge is 0.251 e. The Morgan fingerprint density at radius 1 is 1.20 bits per heavy atom. The molecule has 1 atom stereocenters. The molecule has 5 heteroatoms. The van der Waals surface area contributed by atoms with Crippen LogP contribution in [-0.2, 0) is 20.9 Å². The zero-order chi connectivity index (χ0) is 18.4. The first-order valence-corrected chi connectivity index (χ1v) is 9.07. The highest BCUT2D eigenvalue weighted by Gasteiger charge is 2.31. The van der Waals surface area contributed by atoms with Gasteiger partial charge in [0.2, 0.25) is 5.91 Å². The summed E-state index contributed by atoms with van der Waals surface area (Å²) in [5.41, 5.74) is 2.31. The summed E-state index contributed by atoms with van der Waals surface area (Å²) < 4.78 is 5.33. The first-order valence-electron chi connectivity index (χ1n) is 9.07. The number of methoxy groups -OCH3 is 1. The molecule has 1 aliphatic heterocycles. The summed E-state index contributed by atoms with van der Waals surface area (Å²) in [6.07, 6.45) is 1.02. The fraction of sp³-hybridized carbons (Fsp3) is 0.600. The predicted molar refractivity (Wildman–Crippen MR) is 98.0 cm³/mol. The molecule has 1 saturated heterocycles. The lowest BCUT2D eigenvalue weighted by Gasteiger charge is -2.34. The number of carbonyl (C=O) groups excluding carboxylic acids is 2. The van der Waals surface area contributed by atoms with Gasteiger partial charge in [0.15, 0.2) is 0 Å². The lowest BCUT2D eigenvalue weighted by molar-refractivity contribution is -0.147. The largest absolute Gasteiger partial charge is 0.371 e. The Kier molecular flexibility index (Phi) is 7.00. The van der Waals surface area contributed by atoms with Crippen LogP contribution < -0.4 is 5.32 Å². The maximum atomic E-state index is 12.5. The third-order valence-corrected chi connectivity index (χ3v) is 4.87. The molecule has 1 unspecified atom stereocenters. The lowest BCUT2D eigenvalue weighted by atomic mass is 9.94. The summed E-state index contributed by atoms with van der Waals surface area (Å²) in [4.78, 5) is 26.7. The molecule has 0 spiro atoms. The number of aryl methyl sites for hydroxylation is 1. The first kappa shape index (κ1) is 19.4. The molecule has 1 heterocycles. The van der Waals surface area contributed by atoms with Crippen LogP contribution in [0.5, 0.6) is 0 Å². The van der Waals surface area contributed by atoms with Gasteiger partial charge in [-0.25, -0.2) is 0 Å². The molecule has 1 aromatic carbocycles. The molecule has 0 aliphatic carbocycles. The van der Waals surface area contributed by atoms with Crippen molar-refractivity contribution in [3.63, 3.8) is 0 Å². The van der Waals surface area contributed by atoms with Crippen molar-refractivity contribution in [1.82, 2.24) is 10.2 Å². The van der Waals surface area contributed by atoms with E-state index in [9.17, 15) is 9.59 Å². The number of rotatable bonds is 6. The summed E-state index contributed by atoms with van der Waals surface area (Å²) in [5, 5.41) is 3.02. The number of ether oxygens (including phenoxy) is 1. The molecule has 1 aromatic rings. The van der Waals surface area contributed by atoms with E-state index in [0.717, 1.165) is 5.56 Å². The van der Waals surface area contributed by atoms with Gasteiger partial charge in [0.1, 0.15) is 6.10 Å². The minimum absolute atomic E-state index is 0.0189. The Hall–Kier alpha value is -1.88. The van der Waals surface area contributed by atoms with Crippen molar-refractivity contribution < 1.29 is 14.3 Å². The van der Waals surface area contributed by atoms with Crippen molar-refractivity contribution in [2.45, 2.75) is 46.3 Å². The molecule has 0 radical (unpaired) electrons. The van der Waals surface area contributed by atoms with E-state index < -0.39 is 6.10 Å². The number of carbonyl (C=O) groups is 2. The zero-order valence-corrected chi connectivity index (χ0v) is 15.7. The van der Waals surface area contributed by atoms with Crippen LogP contribution in [0.25, 0.3) is 0 Å². The zero-order valence-electron chi connectivity index (χ0n) is 15.7. The highest BCUT2D eigenvalue weighted by atomic mass is 16.5. The molecular weight excluding hydrogens is 316 g/mol. The lowest BCUT2D eigenvalue weighted by Crippen LogP contribution is -2.48. The van der Waals surface area contributed by atoms with Gasteiger partial charge in [0.05, 0.1) is 0 Å². The van der Waals surface area contributed by atoms with Crippen molar-refractivity contribution in [3.05, 3.63) is 35.4 Å². The molecule has 5 nitrogen and oxygen atoms in total. The molecular formula is C20H30N2O3. The molecule has 2 amide bonds. The maximum Gasteiger partial charge on any atom is 0.251 e. The number of nitrogens with zero attached hydrogens (tertiary/aromatic N) is 1. The Labute approximate surface area is 150 Å². The van der Waals surface area contributed by atoms with E-state index in [1.807, 2.05) is 49.9 Å². The van der Waals surface area contributed by atoms with Crippen LogP contribution >= 0.6 is 0 Å². The fourth-order valence-corrected chi connectivity index (χ4v) is 3.24. The van der Waals surface area contributed by atoms with E-state index in [1.54, 1.807) is 7.11 Å². The van der Waals surface area contributed by atoms with Crippen LogP contribution in [0.4, 0.5) is 0 Å². The normalized spacial score (nSPS) is 16.8. The fourth-order valence-electron chi connectivity index (χ4n) is 3.24. The van der Waals surface area contributed by atoms with Crippen LogP contribution in [0.2, 0.25) is 0 Å². The van der Waals surface area contributed by atoms with Gasteiger partial charge in [-0.2, -0.15) is 0 Å². The van der Waals surface area contributed by atoms with Crippen LogP contribution in [0, 0.1) is 18.8 Å². The number of benzene rings is 1. The number of nitrogens with one attached hydrogen (secondary N) is 1. The van der Waals surface area contributed by atoms with Gasteiger partial charge < -0.3 is 15.0 Å². The molecule has 1 aliphatic rings. The van der Waals surface area contributed by atoms with Crippen LogP contribution in [0.15, 0.2) is 24.3 Å². The second-order valence-electron chi connectivity index (χ2n) is 7.20. The SMILES string of the molecule is COC(C(=O)N1CCC(C(=O)NCc2ccc(C)cc2)CC1)C(C)C. The number of hydrogen-bond donors (Lipinski definition) is 1. The molecule has 0 saturated carbocycles. The van der Waals surface area contributed by atoms with E-state index in [-0.39, 0.29) is 23.7 Å². The van der Waals surface area contributed by atoms with E-state index in [0.29, 0.717) is 32.5 Å². The number of hydrogen-bond acceptors (Lipinski definition) is 3. The quantitative estimate of drug-likeness (QED) is 0.861. The van der Waals surface area contributed by atoms with Crippen molar-refractivity contribution >= 4 is 11.8 Å². The van der Waals surface area contributed by atoms with Gasteiger partial charge in [-0.15, -0.1) is 0 Å². The number of piperidine rings is 1. The molecule has 2 rings (SSSR count). The van der Waals surface area contributed by atoms with Crippen molar-refractivity contribution in [2.24, 2.45) is 11.8 Å². The molecule has 1 N–H and O–H groups in total. The minimum atomic E-state index is -0.396. The molecule has 25 heavy (non-hydrogen) atoms. The van der Waals surface area contributed by atoms with Crippen molar-refractivity contribution in [1.29, 1.82) is 0 Å². The summed E-state index contributed by atoms with van der Waals surface area (Å²) >= 11 is 0. The third kappa shape index (κ3) is 5.30. The summed E-state index contributed by atoms with van der Waals surface area (Å²) in [7, 11) is 1.58. The highest BCUT2D eigenvalue weighted by Crippen LogP contribution is 2.20. The highest BCUT2D eigenvalue weighted by molar-refractivity contribution is 5.82. The van der Waals surface area contributed by atoms with E-state index >= 15 is 0 Å². The van der Waals surface area contributed by atoms with Crippen LogP contribution in [0.3, 0.4) is 0 Å². The van der Waals surface area contributed by atoms with Gasteiger partial charge in [-0.3, -0.25) is 9.59 Å². The van der Waals surface area contributed by atoms with Gasteiger partial charge >= 0.3 is 0 Å². The van der Waals surface area contributed by atoms with Gasteiger partial charge in [0.25, 0.3) is 5.91 Å². The second-order valence-corrected chi connectivity index (χ2v) is 7.20. The monoisotopic (exact) mass is 346 g/mol. The predicted octanol–water partition coefficient (Wildman–Crippen LogP) is 2.52. The third-order valence-electron chi connectivity index (χ3n) is 4.87. The Morgan fingerprint density at radius 3 is 2.32 bits per heavy atom. The average molecular weight is 346 g/mol. The summed E-state index contributed by atoms with van der Waals surface area (Å²) in [5.74, 6) is 0.249. The Bertz CT molecular complexity index is 575. The molecule has 0 aromatic heterocycles. The van der Waals surface area contributed by atoms with E-state index in [2.05, 4.69) is 5.32 Å². The maximum absolute atomic E-state index is 12.5. The summed E-state index contributed by atoms with van der Waals surface area (Å²) in [6, 6.07) is 8.17. The van der Waals surface area contributed by atoms with Gasteiger partial charge in [0, 0.05) is 32.7 Å². The summed E-state index contributed by atoms with van der Waals surface area (Å²) in [6.45, 7) is 7.80. The standard InChI is InChI=1S/C20H30N2O3/c1-14(2)18(25-4)20(24)22-11-9-17(10-12-22)19(23)21-13-16-7-5-15(3)6-8-16/h5-8,14,17-18H,9-13H2,1-4H3,(H,21,23). The van der Waals surface area contributed by atoms with Crippen LogP contribution in [0.1, 0.15) is 37.8 Å². The molecule has 138 valence electrons. The Balaban J connectivity index is 1.80. The van der Waals surface area contributed by atoms with Crippen LogP contribution in [-0.4, -0.2) is 43.0 Å². The molecule has 1 fully saturated rings. The average Bonchev–Trinajstić information content (AvgIpc) is 2.61. The Morgan fingerprint density at radius 2 is 1.80 bits per heavy atom. The topological polar surface area (TPSA) is 58.6 Å². The minimum Gasteiger partial charge on any atom is -0.371 e. The van der Waals surface area contributed by atoms with Crippen molar-refractivity contribution in [2.75, 3.05) is 20.2 Å². The number of likely N-dealkylation sites (tertiary alicyclic amines) is 1. The van der Waals surface area contributed by atoms with E-state index in [1.165, 1.54) is 5.56 Å².